The Bertz CT molecular complexity index is 766. The molecule has 1 nitrogen and oxygen atoms in total. The van der Waals surface area contributed by atoms with E-state index in [9.17, 15) is 5.11 Å². The van der Waals surface area contributed by atoms with Crippen LogP contribution in [0.1, 0.15) is 113 Å². The molecule has 10 atom stereocenters. The highest BCUT2D eigenvalue weighted by Crippen LogP contribution is 2.77. The van der Waals surface area contributed by atoms with Crippen LogP contribution in [0.4, 0.5) is 0 Å². The predicted octanol–water partition coefficient (Wildman–Crippen LogP) is 8.02. The zero-order valence-electron chi connectivity index (χ0n) is 21.7. The molecule has 5 fully saturated rings. The van der Waals surface area contributed by atoms with Gasteiger partial charge in [-0.15, -0.1) is 0 Å². The SMILES string of the molecule is C=C(C)[C@@H]1CC[C@]2(C)CC[C@]3(C)[C@H](CC[C@@H]4[C@]5(C)CC[C@H](O)C(C)(C)[C@@H]5CC[C@]43C)[C@@H]12. The van der Waals surface area contributed by atoms with Crippen molar-refractivity contribution in [1.82, 2.24) is 0 Å². The van der Waals surface area contributed by atoms with Crippen molar-refractivity contribution >= 4 is 0 Å². The maximum atomic E-state index is 10.9. The lowest BCUT2D eigenvalue weighted by molar-refractivity contribution is -0.246. The molecule has 0 radical (unpaired) electrons. The summed E-state index contributed by atoms with van der Waals surface area (Å²) in [6.45, 7) is 22.3. The Balaban J connectivity index is 1.54. The minimum absolute atomic E-state index is 0.0632. The van der Waals surface area contributed by atoms with Gasteiger partial charge in [0, 0.05) is 0 Å². The Hall–Kier alpha value is -0.300. The van der Waals surface area contributed by atoms with Crippen molar-refractivity contribution in [3.05, 3.63) is 12.2 Å². The van der Waals surface area contributed by atoms with Crippen LogP contribution < -0.4 is 0 Å². The Morgan fingerprint density at radius 2 is 1.45 bits per heavy atom. The Labute approximate surface area is 192 Å². The first-order valence-electron chi connectivity index (χ1n) is 13.6. The second-order valence-electron chi connectivity index (χ2n) is 14.7. The Kier molecular flexibility index (Phi) is 4.82. The van der Waals surface area contributed by atoms with E-state index >= 15 is 0 Å². The molecule has 176 valence electrons. The summed E-state index contributed by atoms with van der Waals surface area (Å²) >= 11 is 0. The van der Waals surface area contributed by atoms with E-state index in [4.69, 9.17) is 0 Å². The first kappa shape index (κ1) is 22.5. The van der Waals surface area contributed by atoms with Gasteiger partial charge < -0.3 is 5.11 Å². The fourth-order valence-electron chi connectivity index (χ4n) is 11.5. The van der Waals surface area contributed by atoms with Crippen LogP contribution in [0.3, 0.4) is 0 Å². The maximum Gasteiger partial charge on any atom is 0.0594 e. The van der Waals surface area contributed by atoms with Gasteiger partial charge >= 0.3 is 0 Å². The van der Waals surface area contributed by atoms with Crippen LogP contribution in [0, 0.1) is 56.7 Å². The van der Waals surface area contributed by atoms with Crippen molar-refractivity contribution in [1.29, 1.82) is 0 Å². The van der Waals surface area contributed by atoms with Crippen LogP contribution in [0.25, 0.3) is 0 Å². The van der Waals surface area contributed by atoms with Crippen molar-refractivity contribution in [2.24, 2.45) is 56.7 Å². The van der Waals surface area contributed by atoms with Gasteiger partial charge in [0.1, 0.15) is 0 Å². The monoisotopic (exact) mass is 426 g/mol. The predicted molar refractivity (Wildman–Crippen MR) is 131 cm³/mol. The summed E-state index contributed by atoms with van der Waals surface area (Å²) in [6, 6.07) is 0. The van der Waals surface area contributed by atoms with Crippen LogP contribution in [0.5, 0.6) is 0 Å². The molecule has 0 aromatic heterocycles. The minimum atomic E-state index is -0.118. The van der Waals surface area contributed by atoms with Crippen molar-refractivity contribution in [2.75, 3.05) is 0 Å². The molecule has 0 bridgehead atoms. The summed E-state index contributed by atoms with van der Waals surface area (Å²) in [7, 11) is 0. The summed E-state index contributed by atoms with van der Waals surface area (Å²) in [5.74, 6) is 3.98. The minimum Gasteiger partial charge on any atom is -0.393 e. The maximum absolute atomic E-state index is 10.9. The van der Waals surface area contributed by atoms with E-state index in [-0.39, 0.29) is 11.5 Å². The fourth-order valence-corrected chi connectivity index (χ4v) is 11.5. The second kappa shape index (κ2) is 6.64. The smallest absolute Gasteiger partial charge is 0.0594 e. The van der Waals surface area contributed by atoms with Gasteiger partial charge in [0.05, 0.1) is 6.10 Å². The zero-order chi connectivity index (χ0) is 22.6. The van der Waals surface area contributed by atoms with Gasteiger partial charge in [0.25, 0.3) is 0 Å². The third-order valence-corrected chi connectivity index (χ3v) is 13.5. The molecule has 5 aliphatic rings. The number of rotatable bonds is 1. The van der Waals surface area contributed by atoms with Gasteiger partial charge in [0.15, 0.2) is 0 Å². The van der Waals surface area contributed by atoms with Crippen LogP contribution in [-0.2, 0) is 0 Å². The largest absolute Gasteiger partial charge is 0.393 e. The van der Waals surface area contributed by atoms with Gasteiger partial charge in [-0.25, -0.2) is 0 Å². The molecule has 1 N–H and O–H groups in total. The molecule has 5 saturated carbocycles. The first-order valence-corrected chi connectivity index (χ1v) is 13.6. The van der Waals surface area contributed by atoms with Gasteiger partial charge in [-0.3, -0.25) is 0 Å². The van der Waals surface area contributed by atoms with Crippen molar-refractivity contribution in [3.63, 3.8) is 0 Å². The molecule has 0 heterocycles. The molecule has 0 unspecified atom stereocenters. The molecule has 5 aliphatic carbocycles. The number of aliphatic hydroxyl groups is 1. The molecule has 5 rings (SSSR count). The summed E-state index contributed by atoms with van der Waals surface area (Å²) in [6.07, 6.45) is 13.4. The Morgan fingerprint density at radius 1 is 0.742 bits per heavy atom. The van der Waals surface area contributed by atoms with Crippen LogP contribution in [0.2, 0.25) is 0 Å². The lowest BCUT2D eigenvalue weighted by atomic mass is 9.32. The van der Waals surface area contributed by atoms with Crippen molar-refractivity contribution in [3.8, 4) is 0 Å². The molecule has 0 spiro atoms. The number of allylic oxidation sites excluding steroid dienone is 1. The highest BCUT2D eigenvalue weighted by molar-refractivity contribution is 5.21. The normalized spacial score (nSPS) is 57.9. The van der Waals surface area contributed by atoms with Crippen LogP contribution in [-0.4, -0.2) is 11.2 Å². The van der Waals surface area contributed by atoms with Gasteiger partial charge in [-0.05, 0) is 128 Å². The second-order valence-corrected chi connectivity index (χ2v) is 14.7. The van der Waals surface area contributed by atoms with E-state index in [0.717, 1.165) is 30.1 Å². The van der Waals surface area contributed by atoms with E-state index in [1.807, 2.05) is 0 Å². The third kappa shape index (κ3) is 2.65. The Morgan fingerprint density at radius 3 is 2.13 bits per heavy atom. The first-order chi connectivity index (χ1) is 14.3. The standard InChI is InChI=1S/C30H50O/c1-19(2)20-11-14-27(5)17-18-29(7)21(25(20)27)9-10-23-28(6)15-13-24(31)26(3,4)22(28)12-16-30(23,29)8/h20-25,31H,1,9-18H2,2-8H3/t20-,21+,22-,23+,24-,25+,27+,28+,29+,30+/m0/s1. The summed E-state index contributed by atoms with van der Waals surface area (Å²) in [5, 5.41) is 10.9. The highest BCUT2D eigenvalue weighted by Gasteiger charge is 2.70. The molecule has 0 aliphatic heterocycles. The van der Waals surface area contributed by atoms with E-state index in [1.54, 1.807) is 0 Å². The molecule has 31 heavy (non-hydrogen) atoms. The lowest BCUT2D eigenvalue weighted by Crippen LogP contribution is -2.66. The average molecular weight is 427 g/mol. The van der Waals surface area contributed by atoms with E-state index in [2.05, 4.69) is 55.0 Å². The lowest BCUT2D eigenvalue weighted by Gasteiger charge is -2.73. The zero-order valence-corrected chi connectivity index (χ0v) is 21.7. The molecule has 0 aromatic rings. The number of aliphatic hydroxyl groups excluding tert-OH is 1. The highest BCUT2D eigenvalue weighted by atomic mass is 16.3. The van der Waals surface area contributed by atoms with Crippen LogP contribution >= 0.6 is 0 Å². The van der Waals surface area contributed by atoms with E-state index in [0.29, 0.717) is 27.6 Å². The van der Waals surface area contributed by atoms with E-state index in [1.165, 1.54) is 63.4 Å². The van der Waals surface area contributed by atoms with Crippen molar-refractivity contribution in [2.45, 2.75) is 119 Å². The topological polar surface area (TPSA) is 20.2 Å². The molecule has 0 aromatic carbocycles. The summed E-state index contributed by atoms with van der Waals surface area (Å²) in [4.78, 5) is 0. The fraction of sp³-hybridized carbons (Fsp3) is 0.933. The van der Waals surface area contributed by atoms with Crippen molar-refractivity contribution < 1.29 is 5.11 Å². The quantitative estimate of drug-likeness (QED) is 0.421. The summed E-state index contributed by atoms with van der Waals surface area (Å²) < 4.78 is 0. The number of fused-ring (bicyclic) bond motifs is 7. The molecular weight excluding hydrogens is 376 g/mol. The summed E-state index contributed by atoms with van der Waals surface area (Å²) in [5.41, 5.74) is 3.38. The van der Waals surface area contributed by atoms with Gasteiger partial charge in [-0.2, -0.15) is 0 Å². The average Bonchev–Trinajstić information content (AvgIpc) is 3.04. The molecular formula is C30H50O. The molecule has 1 heteroatoms. The molecule has 0 amide bonds. The third-order valence-electron chi connectivity index (χ3n) is 13.5. The van der Waals surface area contributed by atoms with Gasteiger partial charge in [-0.1, -0.05) is 53.7 Å². The van der Waals surface area contributed by atoms with Crippen LogP contribution in [0.15, 0.2) is 12.2 Å². The number of hydrogen-bond donors (Lipinski definition) is 1. The number of hydrogen-bond acceptors (Lipinski definition) is 1. The molecule has 0 saturated heterocycles. The van der Waals surface area contributed by atoms with Gasteiger partial charge in [0.2, 0.25) is 0 Å². The van der Waals surface area contributed by atoms with E-state index < -0.39 is 0 Å².